The molecule has 0 bridgehead atoms. The van der Waals surface area contributed by atoms with Crippen LogP contribution in [0.3, 0.4) is 0 Å². The summed E-state index contributed by atoms with van der Waals surface area (Å²) in [6.07, 6.45) is 4.20. The fourth-order valence-electron chi connectivity index (χ4n) is 1.63. The first kappa shape index (κ1) is 8.65. The summed E-state index contributed by atoms with van der Waals surface area (Å²) < 4.78 is 0. The summed E-state index contributed by atoms with van der Waals surface area (Å²) in [5.74, 6) is 0. The summed E-state index contributed by atoms with van der Waals surface area (Å²) in [6, 6.07) is -0.394. The van der Waals surface area contributed by atoms with Crippen LogP contribution >= 0.6 is 0 Å². The SMILES string of the molecule is Cn1ncc(C(N)C2(O)CCC2)n1. The molecule has 2 rings (SSSR count). The number of hydrogen-bond donors (Lipinski definition) is 2. The van der Waals surface area contributed by atoms with Crippen molar-refractivity contribution in [3.8, 4) is 0 Å². The Morgan fingerprint density at radius 1 is 1.69 bits per heavy atom. The average molecular weight is 182 g/mol. The highest BCUT2D eigenvalue weighted by atomic mass is 16.3. The van der Waals surface area contributed by atoms with Gasteiger partial charge >= 0.3 is 0 Å². The van der Waals surface area contributed by atoms with Crippen LogP contribution in [-0.4, -0.2) is 25.7 Å². The van der Waals surface area contributed by atoms with Gasteiger partial charge in [0.25, 0.3) is 0 Å². The van der Waals surface area contributed by atoms with Gasteiger partial charge in [0.15, 0.2) is 0 Å². The van der Waals surface area contributed by atoms with Crippen LogP contribution in [0.25, 0.3) is 0 Å². The van der Waals surface area contributed by atoms with E-state index >= 15 is 0 Å². The van der Waals surface area contributed by atoms with Gasteiger partial charge in [-0.3, -0.25) is 0 Å². The summed E-state index contributed by atoms with van der Waals surface area (Å²) >= 11 is 0. The van der Waals surface area contributed by atoms with Crippen LogP contribution in [0.4, 0.5) is 0 Å². The highest BCUT2D eigenvalue weighted by molar-refractivity contribution is 5.10. The summed E-state index contributed by atoms with van der Waals surface area (Å²) in [5, 5.41) is 17.9. The van der Waals surface area contributed by atoms with Crippen molar-refractivity contribution in [3.63, 3.8) is 0 Å². The molecule has 1 unspecified atom stereocenters. The van der Waals surface area contributed by atoms with Crippen molar-refractivity contribution < 1.29 is 5.11 Å². The smallest absolute Gasteiger partial charge is 0.102 e. The second-order valence-electron chi connectivity index (χ2n) is 3.69. The first-order valence-electron chi connectivity index (χ1n) is 4.46. The van der Waals surface area contributed by atoms with Crippen molar-refractivity contribution in [2.45, 2.75) is 30.9 Å². The van der Waals surface area contributed by atoms with Crippen LogP contribution in [-0.2, 0) is 7.05 Å². The van der Waals surface area contributed by atoms with E-state index in [4.69, 9.17) is 5.73 Å². The second kappa shape index (κ2) is 2.78. The summed E-state index contributed by atoms with van der Waals surface area (Å²) in [4.78, 5) is 1.46. The molecule has 0 aromatic carbocycles. The Morgan fingerprint density at radius 3 is 2.77 bits per heavy atom. The molecule has 1 heterocycles. The highest BCUT2D eigenvalue weighted by Gasteiger charge is 2.42. The summed E-state index contributed by atoms with van der Waals surface area (Å²) in [5.41, 5.74) is 5.81. The lowest BCUT2D eigenvalue weighted by Gasteiger charge is -2.40. The molecule has 1 aromatic rings. The average Bonchev–Trinajstić information content (AvgIpc) is 2.46. The number of aliphatic hydroxyl groups is 1. The summed E-state index contributed by atoms with van der Waals surface area (Å²) in [6.45, 7) is 0. The molecule has 1 aromatic heterocycles. The Labute approximate surface area is 76.5 Å². The molecule has 13 heavy (non-hydrogen) atoms. The van der Waals surface area contributed by atoms with E-state index in [0.29, 0.717) is 5.69 Å². The minimum Gasteiger partial charge on any atom is -0.388 e. The van der Waals surface area contributed by atoms with Gasteiger partial charge in [0.2, 0.25) is 0 Å². The predicted molar refractivity (Wildman–Crippen MR) is 46.7 cm³/mol. The van der Waals surface area contributed by atoms with Gasteiger partial charge < -0.3 is 10.8 Å². The maximum atomic E-state index is 9.94. The standard InChI is InChI=1S/C8H14N4O/c1-12-10-5-6(11-12)7(9)8(13)3-2-4-8/h5,7,13H,2-4,9H2,1H3. The van der Waals surface area contributed by atoms with Crippen molar-refractivity contribution in [1.29, 1.82) is 0 Å². The Bertz CT molecular complexity index is 305. The van der Waals surface area contributed by atoms with Crippen LogP contribution in [0.15, 0.2) is 6.20 Å². The van der Waals surface area contributed by atoms with Crippen molar-refractivity contribution in [1.82, 2.24) is 15.0 Å². The maximum absolute atomic E-state index is 9.94. The second-order valence-corrected chi connectivity index (χ2v) is 3.69. The lowest BCUT2D eigenvalue weighted by molar-refractivity contribution is -0.0570. The van der Waals surface area contributed by atoms with Gasteiger partial charge in [-0.15, -0.1) is 0 Å². The number of aryl methyl sites for hydroxylation is 1. The van der Waals surface area contributed by atoms with Crippen molar-refractivity contribution in [2.24, 2.45) is 12.8 Å². The molecule has 1 fully saturated rings. The number of nitrogens with two attached hydrogens (primary N) is 1. The molecule has 1 saturated carbocycles. The molecule has 0 radical (unpaired) electrons. The van der Waals surface area contributed by atoms with Gasteiger partial charge in [-0.05, 0) is 19.3 Å². The fraction of sp³-hybridized carbons (Fsp3) is 0.750. The molecule has 0 aliphatic heterocycles. The zero-order valence-corrected chi connectivity index (χ0v) is 7.64. The third-order valence-corrected chi connectivity index (χ3v) is 2.73. The molecule has 3 N–H and O–H groups in total. The molecule has 5 nitrogen and oxygen atoms in total. The molecule has 0 spiro atoms. The van der Waals surface area contributed by atoms with Crippen LogP contribution in [0.1, 0.15) is 31.0 Å². The van der Waals surface area contributed by atoms with Crippen LogP contribution in [0.5, 0.6) is 0 Å². The van der Waals surface area contributed by atoms with E-state index in [-0.39, 0.29) is 0 Å². The minimum absolute atomic E-state index is 0.394. The lowest BCUT2D eigenvalue weighted by Crippen LogP contribution is -2.47. The Morgan fingerprint density at radius 2 is 2.38 bits per heavy atom. The zero-order chi connectivity index (χ0) is 9.47. The van der Waals surface area contributed by atoms with E-state index in [1.165, 1.54) is 4.80 Å². The van der Waals surface area contributed by atoms with Gasteiger partial charge in [0.05, 0.1) is 17.8 Å². The van der Waals surface area contributed by atoms with Crippen LogP contribution in [0, 0.1) is 0 Å². The molecular formula is C8H14N4O. The van der Waals surface area contributed by atoms with Gasteiger partial charge in [0.1, 0.15) is 5.69 Å². The topological polar surface area (TPSA) is 77.0 Å². The zero-order valence-electron chi connectivity index (χ0n) is 7.64. The van der Waals surface area contributed by atoms with Gasteiger partial charge in [-0.25, -0.2) is 0 Å². The Hall–Kier alpha value is -0.940. The largest absolute Gasteiger partial charge is 0.388 e. The van der Waals surface area contributed by atoms with Gasteiger partial charge in [0, 0.05) is 7.05 Å². The monoisotopic (exact) mass is 182 g/mol. The molecule has 0 saturated heterocycles. The van der Waals surface area contributed by atoms with E-state index in [2.05, 4.69) is 10.2 Å². The maximum Gasteiger partial charge on any atom is 0.102 e. The highest BCUT2D eigenvalue weighted by Crippen LogP contribution is 2.39. The predicted octanol–water partition coefficient (Wildman–Crippen LogP) is -0.270. The molecular weight excluding hydrogens is 168 g/mol. The Balaban J connectivity index is 2.17. The molecule has 0 amide bonds. The van der Waals surface area contributed by atoms with E-state index in [1.807, 2.05) is 0 Å². The number of nitrogens with zero attached hydrogens (tertiary/aromatic N) is 3. The molecule has 1 aliphatic carbocycles. The third-order valence-electron chi connectivity index (χ3n) is 2.73. The van der Waals surface area contributed by atoms with Crippen LogP contribution < -0.4 is 5.73 Å². The van der Waals surface area contributed by atoms with Gasteiger partial charge in [-0.2, -0.15) is 15.0 Å². The number of aromatic nitrogens is 3. The first-order chi connectivity index (χ1) is 6.12. The lowest BCUT2D eigenvalue weighted by atomic mass is 9.74. The fourth-order valence-corrected chi connectivity index (χ4v) is 1.63. The molecule has 5 heteroatoms. The van der Waals surface area contributed by atoms with Crippen molar-refractivity contribution in [2.75, 3.05) is 0 Å². The Kier molecular flexibility index (Phi) is 1.85. The van der Waals surface area contributed by atoms with Crippen molar-refractivity contribution >= 4 is 0 Å². The third kappa shape index (κ3) is 1.34. The quantitative estimate of drug-likeness (QED) is 0.660. The molecule has 72 valence electrons. The normalized spacial score (nSPS) is 22.4. The van der Waals surface area contributed by atoms with Crippen molar-refractivity contribution in [3.05, 3.63) is 11.9 Å². The number of rotatable bonds is 2. The van der Waals surface area contributed by atoms with E-state index in [1.54, 1.807) is 13.2 Å². The van der Waals surface area contributed by atoms with E-state index < -0.39 is 11.6 Å². The number of hydrogen-bond acceptors (Lipinski definition) is 4. The van der Waals surface area contributed by atoms with E-state index in [9.17, 15) is 5.11 Å². The molecule has 1 aliphatic rings. The molecule has 1 atom stereocenters. The van der Waals surface area contributed by atoms with Crippen LogP contribution in [0.2, 0.25) is 0 Å². The van der Waals surface area contributed by atoms with E-state index in [0.717, 1.165) is 19.3 Å². The first-order valence-corrected chi connectivity index (χ1v) is 4.46. The minimum atomic E-state index is -0.740. The van der Waals surface area contributed by atoms with Gasteiger partial charge in [-0.1, -0.05) is 0 Å². The summed E-state index contributed by atoms with van der Waals surface area (Å²) in [7, 11) is 1.74.